The highest BCUT2D eigenvalue weighted by atomic mass is 16.5. The average Bonchev–Trinajstić information content (AvgIpc) is 2.35. The number of hydrogen-bond donors (Lipinski definition) is 1. The Morgan fingerprint density at radius 2 is 1.82 bits per heavy atom. The molecule has 0 heterocycles. The summed E-state index contributed by atoms with van der Waals surface area (Å²) in [7, 11) is 1.78. The number of rotatable bonds is 10. The third kappa shape index (κ3) is 6.39. The lowest BCUT2D eigenvalue weighted by atomic mass is 10.1. The molecule has 0 saturated carbocycles. The van der Waals surface area contributed by atoms with E-state index in [9.17, 15) is 0 Å². The predicted octanol–water partition coefficient (Wildman–Crippen LogP) is 2.51. The highest BCUT2D eigenvalue weighted by Gasteiger charge is 2.22. The summed E-state index contributed by atoms with van der Waals surface area (Å²) in [6.45, 7) is 14.3. The molecule has 0 fully saturated rings. The van der Waals surface area contributed by atoms with Crippen molar-refractivity contribution in [3.63, 3.8) is 0 Å². The smallest absolute Gasteiger partial charge is 0.0589 e. The molecule has 1 N–H and O–H groups in total. The molecule has 0 aliphatic carbocycles. The Labute approximate surface area is 108 Å². The molecule has 17 heavy (non-hydrogen) atoms. The van der Waals surface area contributed by atoms with Crippen LogP contribution in [0.3, 0.4) is 0 Å². The van der Waals surface area contributed by atoms with Crippen LogP contribution in [-0.4, -0.2) is 49.8 Å². The highest BCUT2D eigenvalue weighted by Crippen LogP contribution is 2.11. The van der Waals surface area contributed by atoms with Gasteiger partial charge in [0.25, 0.3) is 0 Å². The maximum Gasteiger partial charge on any atom is 0.0589 e. The van der Waals surface area contributed by atoms with Crippen LogP contribution in [0.2, 0.25) is 0 Å². The number of nitrogens with one attached hydrogen (secondary N) is 1. The van der Waals surface area contributed by atoms with Crippen molar-refractivity contribution in [1.29, 1.82) is 0 Å². The normalized spacial score (nSPS) is 17.1. The zero-order chi connectivity index (χ0) is 13.3. The highest BCUT2D eigenvalue weighted by molar-refractivity contribution is 4.80. The number of ether oxygens (including phenoxy) is 1. The zero-order valence-corrected chi connectivity index (χ0v) is 12.6. The van der Waals surface area contributed by atoms with Crippen molar-refractivity contribution in [2.45, 2.75) is 65.6 Å². The van der Waals surface area contributed by atoms with Crippen LogP contribution in [0.5, 0.6) is 0 Å². The fourth-order valence-electron chi connectivity index (χ4n) is 2.09. The van der Waals surface area contributed by atoms with Crippen molar-refractivity contribution in [1.82, 2.24) is 10.2 Å². The number of hydrogen-bond acceptors (Lipinski definition) is 3. The van der Waals surface area contributed by atoms with Gasteiger partial charge in [-0.05, 0) is 40.2 Å². The van der Waals surface area contributed by atoms with E-state index in [1.54, 1.807) is 7.11 Å². The largest absolute Gasteiger partial charge is 0.383 e. The van der Waals surface area contributed by atoms with Crippen molar-refractivity contribution in [2.75, 3.05) is 26.8 Å². The molecule has 3 heteroatoms. The summed E-state index contributed by atoms with van der Waals surface area (Å²) in [6, 6.07) is 1.69. The second-order valence-electron chi connectivity index (χ2n) is 4.97. The monoisotopic (exact) mass is 244 g/mol. The molecule has 0 rings (SSSR count). The molecule has 0 aromatic carbocycles. The van der Waals surface area contributed by atoms with Gasteiger partial charge in [-0.3, -0.25) is 4.90 Å². The molecule has 0 saturated heterocycles. The summed E-state index contributed by atoms with van der Waals surface area (Å²) >= 11 is 0. The topological polar surface area (TPSA) is 24.5 Å². The first-order chi connectivity index (χ1) is 8.08. The minimum absolute atomic E-state index is 0.529. The zero-order valence-electron chi connectivity index (χ0n) is 12.6. The van der Waals surface area contributed by atoms with Gasteiger partial charge in [0.2, 0.25) is 0 Å². The van der Waals surface area contributed by atoms with E-state index in [4.69, 9.17) is 4.74 Å². The van der Waals surface area contributed by atoms with E-state index in [-0.39, 0.29) is 0 Å². The quantitative estimate of drug-likeness (QED) is 0.639. The van der Waals surface area contributed by atoms with Crippen LogP contribution in [0.1, 0.15) is 47.5 Å². The number of nitrogens with zero attached hydrogens (tertiary/aromatic N) is 1. The second kappa shape index (κ2) is 9.86. The van der Waals surface area contributed by atoms with Crippen molar-refractivity contribution < 1.29 is 4.74 Å². The fourth-order valence-corrected chi connectivity index (χ4v) is 2.09. The first-order valence-electron chi connectivity index (χ1n) is 7.06. The molecular weight excluding hydrogens is 212 g/mol. The van der Waals surface area contributed by atoms with E-state index >= 15 is 0 Å². The first-order valence-corrected chi connectivity index (χ1v) is 7.06. The maximum absolute atomic E-state index is 5.22. The van der Waals surface area contributed by atoms with E-state index in [1.165, 1.54) is 12.8 Å². The number of methoxy groups -OCH3 is 1. The summed E-state index contributed by atoms with van der Waals surface area (Å²) in [5.41, 5.74) is 0. The van der Waals surface area contributed by atoms with Gasteiger partial charge in [-0.25, -0.2) is 0 Å². The first kappa shape index (κ1) is 16.9. The van der Waals surface area contributed by atoms with Crippen LogP contribution in [0, 0.1) is 0 Å². The van der Waals surface area contributed by atoms with Gasteiger partial charge in [0.05, 0.1) is 6.61 Å². The molecule has 3 unspecified atom stereocenters. The molecule has 0 aromatic heterocycles. The minimum atomic E-state index is 0.529. The van der Waals surface area contributed by atoms with Gasteiger partial charge < -0.3 is 10.1 Å². The molecule has 0 aliphatic rings. The van der Waals surface area contributed by atoms with Crippen LogP contribution in [0.25, 0.3) is 0 Å². The molecule has 3 nitrogen and oxygen atoms in total. The van der Waals surface area contributed by atoms with Crippen LogP contribution in [0.15, 0.2) is 0 Å². The molecule has 104 valence electrons. The van der Waals surface area contributed by atoms with Gasteiger partial charge in [-0.2, -0.15) is 0 Å². The molecule has 0 amide bonds. The molecule has 0 spiro atoms. The average molecular weight is 244 g/mol. The van der Waals surface area contributed by atoms with Gasteiger partial charge in [0.15, 0.2) is 0 Å². The van der Waals surface area contributed by atoms with Gasteiger partial charge in [-0.15, -0.1) is 0 Å². The summed E-state index contributed by atoms with van der Waals surface area (Å²) in [6.07, 6.45) is 2.38. The van der Waals surface area contributed by atoms with E-state index in [1.807, 2.05) is 0 Å². The summed E-state index contributed by atoms with van der Waals surface area (Å²) in [5.74, 6) is 0. The van der Waals surface area contributed by atoms with Crippen molar-refractivity contribution in [3.8, 4) is 0 Å². The second-order valence-corrected chi connectivity index (χ2v) is 4.97. The molecular formula is C14H32N2O. The standard InChI is InChI=1S/C14H32N2O/c1-7-9-15-13(4)14(5)16(10-11-17-6)12(3)8-2/h12-15H,7-11H2,1-6H3. The van der Waals surface area contributed by atoms with Crippen LogP contribution >= 0.6 is 0 Å². The van der Waals surface area contributed by atoms with Crippen molar-refractivity contribution >= 4 is 0 Å². The predicted molar refractivity (Wildman–Crippen MR) is 75.6 cm³/mol. The SMILES string of the molecule is CCCNC(C)C(C)N(CCOC)C(C)CC. The third-order valence-electron chi connectivity index (χ3n) is 3.67. The van der Waals surface area contributed by atoms with E-state index in [0.717, 1.165) is 19.7 Å². The van der Waals surface area contributed by atoms with E-state index in [0.29, 0.717) is 18.1 Å². The summed E-state index contributed by atoms with van der Waals surface area (Å²) < 4.78 is 5.22. The van der Waals surface area contributed by atoms with E-state index < -0.39 is 0 Å². The van der Waals surface area contributed by atoms with Crippen LogP contribution < -0.4 is 5.32 Å². The molecule has 3 atom stereocenters. The summed E-state index contributed by atoms with van der Waals surface area (Å²) in [5, 5.41) is 3.59. The van der Waals surface area contributed by atoms with Gasteiger partial charge in [0.1, 0.15) is 0 Å². The Morgan fingerprint density at radius 1 is 1.18 bits per heavy atom. The molecule has 0 aromatic rings. The third-order valence-corrected chi connectivity index (χ3v) is 3.67. The Morgan fingerprint density at radius 3 is 2.29 bits per heavy atom. The Hall–Kier alpha value is -0.120. The van der Waals surface area contributed by atoms with Gasteiger partial charge in [0, 0.05) is 31.8 Å². The fraction of sp³-hybridized carbons (Fsp3) is 1.00. The Bertz CT molecular complexity index is 176. The Balaban J connectivity index is 4.33. The lowest BCUT2D eigenvalue weighted by Gasteiger charge is -2.37. The Kier molecular flexibility index (Phi) is 9.79. The minimum Gasteiger partial charge on any atom is -0.383 e. The van der Waals surface area contributed by atoms with Gasteiger partial charge in [-0.1, -0.05) is 13.8 Å². The lowest BCUT2D eigenvalue weighted by molar-refractivity contribution is 0.0806. The van der Waals surface area contributed by atoms with Crippen molar-refractivity contribution in [2.24, 2.45) is 0 Å². The van der Waals surface area contributed by atoms with Crippen LogP contribution in [-0.2, 0) is 4.74 Å². The molecule has 0 radical (unpaired) electrons. The van der Waals surface area contributed by atoms with E-state index in [2.05, 4.69) is 44.8 Å². The molecule has 0 aliphatic heterocycles. The van der Waals surface area contributed by atoms with Crippen molar-refractivity contribution in [3.05, 3.63) is 0 Å². The maximum atomic E-state index is 5.22. The van der Waals surface area contributed by atoms with Crippen LogP contribution in [0.4, 0.5) is 0 Å². The molecule has 0 bridgehead atoms. The lowest BCUT2D eigenvalue weighted by Crippen LogP contribution is -2.51. The summed E-state index contributed by atoms with van der Waals surface area (Å²) in [4.78, 5) is 2.55. The van der Waals surface area contributed by atoms with Gasteiger partial charge >= 0.3 is 0 Å².